The Morgan fingerprint density at radius 1 is 1.26 bits per heavy atom. The minimum Gasteiger partial charge on any atom is -0.486 e. The lowest BCUT2D eigenvalue weighted by Gasteiger charge is -2.07. The summed E-state index contributed by atoms with van der Waals surface area (Å²) in [5.41, 5.74) is 0.321. The van der Waals surface area contributed by atoms with Crippen LogP contribution in [0.15, 0.2) is 46.9 Å². The van der Waals surface area contributed by atoms with E-state index in [2.05, 4.69) is 15.9 Å². The number of ether oxygens (including phenoxy) is 1. The molecular weight excluding hydrogens is 317 g/mol. The van der Waals surface area contributed by atoms with E-state index in [1.54, 1.807) is 24.3 Å². The van der Waals surface area contributed by atoms with Gasteiger partial charge in [-0.2, -0.15) is 0 Å². The number of rotatable bonds is 4. The summed E-state index contributed by atoms with van der Waals surface area (Å²) < 4.78 is 19.2. The van der Waals surface area contributed by atoms with Gasteiger partial charge in [0.2, 0.25) is 0 Å². The summed E-state index contributed by atoms with van der Waals surface area (Å²) in [6, 6.07) is 10.6. The second-order valence-electron chi connectivity index (χ2n) is 3.75. The molecule has 98 valence electrons. The third-order valence-corrected chi connectivity index (χ3v) is 2.96. The highest BCUT2D eigenvalue weighted by Gasteiger charge is 2.15. The van der Waals surface area contributed by atoms with E-state index in [1.165, 1.54) is 18.2 Å². The lowest BCUT2D eigenvalue weighted by atomic mass is 10.2. The van der Waals surface area contributed by atoms with Crippen molar-refractivity contribution >= 4 is 21.6 Å². The third kappa shape index (κ3) is 3.29. The average Bonchev–Trinajstić information content (AvgIpc) is 2.38. The number of nitro groups is 1. The van der Waals surface area contributed by atoms with E-state index in [9.17, 15) is 14.5 Å². The van der Waals surface area contributed by atoms with E-state index < -0.39 is 10.7 Å². The van der Waals surface area contributed by atoms with Crippen molar-refractivity contribution in [3.05, 3.63) is 68.4 Å². The maximum Gasteiger partial charge on any atom is 0.277 e. The first-order valence-corrected chi connectivity index (χ1v) is 6.17. The first-order chi connectivity index (χ1) is 9.08. The normalized spacial score (nSPS) is 10.2. The van der Waals surface area contributed by atoms with E-state index in [-0.39, 0.29) is 18.0 Å². The quantitative estimate of drug-likeness (QED) is 0.628. The molecule has 0 amide bonds. The van der Waals surface area contributed by atoms with Gasteiger partial charge in [0.05, 0.1) is 10.5 Å². The SMILES string of the molecule is O=[N+]([O-])c1cc(Br)ccc1COc1ccccc1F. The minimum absolute atomic E-state index is 0.0642. The molecule has 0 spiro atoms. The van der Waals surface area contributed by atoms with Crippen molar-refractivity contribution in [2.24, 2.45) is 0 Å². The molecule has 0 N–H and O–H groups in total. The Morgan fingerprint density at radius 2 is 2.00 bits per heavy atom. The molecule has 6 heteroatoms. The summed E-state index contributed by atoms with van der Waals surface area (Å²) in [6.07, 6.45) is 0. The van der Waals surface area contributed by atoms with E-state index >= 15 is 0 Å². The van der Waals surface area contributed by atoms with E-state index in [1.807, 2.05) is 0 Å². The van der Waals surface area contributed by atoms with Gasteiger partial charge in [-0.3, -0.25) is 10.1 Å². The van der Waals surface area contributed by atoms with Gasteiger partial charge in [-0.15, -0.1) is 0 Å². The number of para-hydroxylation sites is 1. The molecule has 0 aliphatic heterocycles. The second-order valence-corrected chi connectivity index (χ2v) is 4.66. The molecule has 0 aliphatic carbocycles. The van der Waals surface area contributed by atoms with Crippen LogP contribution in [0.4, 0.5) is 10.1 Å². The second kappa shape index (κ2) is 5.79. The predicted octanol–water partition coefficient (Wildman–Crippen LogP) is 4.08. The summed E-state index contributed by atoms with van der Waals surface area (Å²) >= 11 is 3.17. The number of nitro benzene ring substituents is 1. The molecule has 2 rings (SSSR count). The largest absolute Gasteiger partial charge is 0.486 e. The molecule has 0 bridgehead atoms. The maximum atomic E-state index is 13.3. The summed E-state index contributed by atoms with van der Waals surface area (Å²) in [4.78, 5) is 10.4. The highest BCUT2D eigenvalue weighted by molar-refractivity contribution is 9.10. The van der Waals surface area contributed by atoms with Crippen molar-refractivity contribution in [3.63, 3.8) is 0 Å². The van der Waals surface area contributed by atoms with Gasteiger partial charge in [-0.25, -0.2) is 4.39 Å². The molecule has 0 aliphatic rings. The van der Waals surface area contributed by atoms with Crippen LogP contribution in [0.5, 0.6) is 5.75 Å². The lowest BCUT2D eigenvalue weighted by Crippen LogP contribution is -2.01. The molecule has 0 saturated carbocycles. The minimum atomic E-state index is -0.498. The average molecular weight is 326 g/mol. The zero-order chi connectivity index (χ0) is 13.8. The van der Waals surface area contributed by atoms with Crippen LogP contribution < -0.4 is 4.74 Å². The topological polar surface area (TPSA) is 52.4 Å². The van der Waals surface area contributed by atoms with Crippen LogP contribution in [-0.4, -0.2) is 4.92 Å². The zero-order valence-corrected chi connectivity index (χ0v) is 11.3. The zero-order valence-electron chi connectivity index (χ0n) is 9.68. The van der Waals surface area contributed by atoms with Gasteiger partial charge in [0.25, 0.3) is 5.69 Å². The number of halogens is 2. The summed E-state index contributed by atoms with van der Waals surface area (Å²) in [6.45, 7) is -0.0650. The highest BCUT2D eigenvalue weighted by atomic mass is 79.9. The van der Waals surface area contributed by atoms with Crippen molar-refractivity contribution in [1.82, 2.24) is 0 Å². The van der Waals surface area contributed by atoms with Crippen LogP contribution in [0.25, 0.3) is 0 Å². The Kier molecular flexibility index (Phi) is 4.11. The molecule has 0 radical (unpaired) electrons. The molecular formula is C13H9BrFNO3. The molecule has 4 nitrogen and oxygen atoms in total. The van der Waals surface area contributed by atoms with Gasteiger partial charge < -0.3 is 4.74 Å². The first-order valence-electron chi connectivity index (χ1n) is 5.38. The number of hydrogen-bond acceptors (Lipinski definition) is 3. The maximum absolute atomic E-state index is 13.3. The molecule has 0 unspecified atom stereocenters. The van der Waals surface area contributed by atoms with Crippen LogP contribution in [0, 0.1) is 15.9 Å². The Hall–Kier alpha value is -1.95. The fourth-order valence-electron chi connectivity index (χ4n) is 1.55. The molecule has 2 aromatic rings. The molecule has 0 aromatic heterocycles. The van der Waals surface area contributed by atoms with Gasteiger partial charge in [-0.05, 0) is 24.3 Å². The monoisotopic (exact) mass is 325 g/mol. The van der Waals surface area contributed by atoms with Crippen LogP contribution >= 0.6 is 15.9 Å². The Morgan fingerprint density at radius 3 is 2.68 bits per heavy atom. The van der Waals surface area contributed by atoms with Gasteiger partial charge >= 0.3 is 0 Å². The Bertz CT molecular complexity index is 619. The summed E-state index contributed by atoms with van der Waals surface area (Å²) in [5.74, 6) is -0.429. The van der Waals surface area contributed by atoms with Crippen LogP contribution in [0.2, 0.25) is 0 Å². The van der Waals surface area contributed by atoms with Gasteiger partial charge in [0.15, 0.2) is 11.6 Å². The summed E-state index contributed by atoms with van der Waals surface area (Å²) in [7, 11) is 0. The Balaban J connectivity index is 2.20. The van der Waals surface area contributed by atoms with Crippen molar-refractivity contribution < 1.29 is 14.1 Å². The molecule has 0 atom stereocenters. The van der Waals surface area contributed by atoms with Crippen LogP contribution in [0.1, 0.15) is 5.56 Å². The molecule has 19 heavy (non-hydrogen) atoms. The predicted molar refractivity (Wildman–Crippen MR) is 71.5 cm³/mol. The lowest BCUT2D eigenvalue weighted by molar-refractivity contribution is -0.385. The molecule has 2 aromatic carbocycles. The summed E-state index contributed by atoms with van der Waals surface area (Å²) in [5, 5.41) is 10.9. The van der Waals surface area contributed by atoms with Crippen molar-refractivity contribution in [2.75, 3.05) is 0 Å². The van der Waals surface area contributed by atoms with Crippen molar-refractivity contribution in [3.8, 4) is 5.75 Å². The Labute approximate surface area is 117 Å². The fraction of sp³-hybridized carbons (Fsp3) is 0.0769. The van der Waals surface area contributed by atoms with Crippen molar-refractivity contribution in [2.45, 2.75) is 6.61 Å². The van der Waals surface area contributed by atoms with Gasteiger partial charge in [0, 0.05) is 10.5 Å². The van der Waals surface area contributed by atoms with E-state index in [4.69, 9.17) is 4.74 Å². The van der Waals surface area contributed by atoms with Crippen LogP contribution in [-0.2, 0) is 6.61 Å². The van der Waals surface area contributed by atoms with Gasteiger partial charge in [0.1, 0.15) is 6.61 Å². The standard InChI is InChI=1S/C13H9BrFNO3/c14-10-6-5-9(12(7-10)16(17)18)8-19-13-4-2-1-3-11(13)15/h1-7H,8H2. The molecule has 0 saturated heterocycles. The molecule has 0 fully saturated rings. The van der Waals surface area contributed by atoms with Crippen LogP contribution in [0.3, 0.4) is 0 Å². The number of benzene rings is 2. The fourth-order valence-corrected chi connectivity index (χ4v) is 1.90. The smallest absolute Gasteiger partial charge is 0.277 e. The van der Waals surface area contributed by atoms with E-state index in [0.717, 1.165) is 0 Å². The van der Waals surface area contributed by atoms with E-state index in [0.29, 0.717) is 10.0 Å². The van der Waals surface area contributed by atoms with Crippen molar-refractivity contribution in [1.29, 1.82) is 0 Å². The molecule has 0 heterocycles. The number of nitrogens with zero attached hydrogens (tertiary/aromatic N) is 1. The van der Waals surface area contributed by atoms with Gasteiger partial charge in [-0.1, -0.05) is 28.1 Å². The first kappa shape index (κ1) is 13.5. The number of hydrogen-bond donors (Lipinski definition) is 0. The third-order valence-electron chi connectivity index (χ3n) is 2.46. The highest BCUT2D eigenvalue weighted by Crippen LogP contribution is 2.25.